The minimum Gasteiger partial charge on any atom is -0.365 e. The lowest BCUT2D eigenvalue weighted by Crippen LogP contribution is -2.46. The van der Waals surface area contributed by atoms with Crippen LogP contribution in [0.2, 0.25) is 0 Å². The van der Waals surface area contributed by atoms with Gasteiger partial charge in [-0.3, -0.25) is 0 Å². The minimum absolute atomic E-state index is 0.103. The molecule has 1 aromatic carbocycles. The lowest BCUT2D eigenvalue weighted by atomic mass is 10.0. The number of nitrogens with zero attached hydrogens (tertiary/aromatic N) is 1. The Morgan fingerprint density at radius 3 is 2.68 bits per heavy atom. The third-order valence-corrected chi connectivity index (χ3v) is 3.86. The average Bonchev–Trinajstić information content (AvgIpc) is 2.35. The Bertz CT molecular complexity index is 416. The molecule has 0 radical (unpaired) electrons. The Balaban J connectivity index is 2.13. The summed E-state index contributed by atoms with van der Waals surface area (Å²) in [7, 11) is 0. The smallest absolute Gasteiger partial charge is 0.150 e. The quantitative estimate of drug-likeness (QED) is 0.904. The van der Waals surface area contributed by atoms with Crippen LogP contribution in [0.1, 0.15) is 26.2 Å². The first-order valence-electron chi connectivity index (χ1n) is 6.74. The Morgan fingerprint density at radius 1 is 1.37 bits per heavy atom. The van der Waals surface area contributed by atoms with Crippen LogP contribution in [0.3, 0.4) is 0 Å². The van der Waals surface area contributed by atoms with Crippen molar-refractivity contribution in [1.29, 1.82) is 0 Å². The zero-order valence-corrected chi connectivity index (χ0v) is 12.6. The van der Waals surface area contributed by atoms with E-state index in [-0.39, 0.29) is 5.69 Å². The molecule has 1 saturated heterocycles. The molecule has 0 aromatic heterocycles. The molecular formula is C14H19BrF2N2. The van der Waals surface area contributed by atoms with E-state index in [0.29, 0.717) is 23.6 Å². The molecule has 1 N–H and O–H groups in total. The van der Waals surface area contributed by atoms with Crippen LogP contribution in [0.15, 0.2) is 16.6 Å². The fourth-order valence-corrected chi connectivity index (χ4v) is 2.93. The lowest BCUT2D eigenvalue weighted by Gasteiger charge is -2.35. The van der Waals surface area contributed by atoms with E-state index in [4.69, 9.17) is 0 Å². The van der Waals surface area contributed by atoms with Crippen LogP contribution in [0.25, 0.3) is 0 Å². The van der Waals surface area contributed by atoms with Gasteiger partial charge in [0.25, 0.3) is 0 Å². The van der Waals surface area contributed by atoms with Gasteiger partial charge in [-0.1, -0.05) is 22.9 Å². The second-order valence-electron chi connectivity index (χ2n) is 4.96. The van der Waals surface area contributed by atoms with Gasteiger partial charge in [0, 0.05) is 23.6 Å². The van der Waals surface area contributed by atoms with Gasteiger partial charge in [-0.2, -0.15) is 0 Å². The van der Waals surface area contributed by atoms with E-state index in [9.17, 15) is 8.78 Å². The second kappa shape index (κ2) is 6.66. The van der Waals surface area contributed by atoms with Crippen molar-refractivity contribution in [2.75, 3.05) is 24.5 Å². The summed E-state index contributed by atoms with van der Waals surface area (Å²) in [6.07, 6.45) is 3.09. The number of benzene rings is 1. The van der Waals surface area contributed by atoms with Crippen molar-refractivity contribution in [2.45, 2.75) is 32.2 Å². The van der Waals surface area contributed by atoms with Crippen molar-refractivity contribution in [3.8, 4) is 0 Å². The number of nitrogens with one attached hydrogen (secondary N) is 1. The molecule has 1 aliphatic heterocycles. The summed E-state index contributed by atoms with van der Waals surface area (Å²) in [6, 6.07) is 2.96. The SMILES string of the molecule is CCCNC1CCCN(c2c(F)cc(Br)cc2F)C1. The molecule has 19 heavy (non-hydrogen) atoms. The van der Waals surface area contributed by atoms with E-state index < -0.39 is 11.6 Å². The van der Waals surface area contributed by atoms with Crippen LogP contribution >= 0.6 is 15.9 Å². The maximum absolute atomic E-state index is 13.9. The molecule has 1 atom stereocenters. The van der Waals surface area contributed by atoms with E-state index in [0.717, 1.165) is 25.8 Å². The highest BCUT2D eigenvalue weighted by Gasteiger charge is 2.24. The van der Waals surface area contributed by atoms with Crippen LogP contribution < -0.4 is 10.2 Å². The van der Waals surface area contributed by atoms with Crippen molar-refractivity contribution in [1.82, 2.24) is 5.32 Å². The van der Waals surface area contributed by atoms with Gasteiger partial charge in [0.1, 0.15) is 5.69 Å². The topological polar surface area (TPSA) is 15.3 Å². The first-order chi connectivity index (χ1) is 9.11. The average molecular weight is 333 g/mol. The maximum Gasteiger partial charge on any atom is 0.150 e. The van der Waals surface area contributed by atoms with Crippen LogP contribution in [0, 0.1) is 11.6 Å². The molecule has 2 nitrogen and oxygen atoms in total. The van der Waals surface area contributed by atoms with Gasteiger partial charge in [-0.15, -0.1) is 0 Å². The number of anilines is 1. The molecule has 1 unspecified atom stereocenters. The van der Waals surface area contributed by atoms with Crippen molar-refractivity contribution in [3.05, 3.63) is 28.2 Å². The van der Waals surface area contributed by atoms with E-state index >= 15 is 0 Å². The molecule has 1 aliphatic rings. The summed E-state index contributed by atoms with van der Waals surface area (Å²) in [5, 5.41) is 3.43. The molecule has 5 heteroatoms. The van der Waals surface area contributed by atoms with Crippen molar-refractivity contribution in [3.63, 3.8) is 0 Å². The fraction of sp³-hybridized carbons (Fsp3) is 0.571. The molecule has 0 saturated carbocycles. The van der Waals surface area contributed by atoms with E-state index in [1.807, 2.05) is 4.90 Å². The minimum atomic E-state index is -0.497. The Labute approximate surface area is 121 Å². The van der Waals surface area contributed by atoms with Crippen LogP contribution in [0.5, 0.6) is 0 Å². The highest BCUT2D eigenvalue weighted by atomic mass is 79.9. The standard InChI is InChI=1S/C14H19BrF2N2/c1-2-5-18-11-4-3-6-19(9-11)14-12(16)7-10(15)8-13(14)17/h7-8,11,18H,2-6,9H2,1H3. The predicted molar refractivity (Wildman–Crippen MR) is 77.6 cm³/mol. The van der Waals surface area contributed by atoms with Crippen LogP contribution in [-0.2, 0) is 0 Å². The van der Waals surface area contributed by atoms with Crippen LogP contribution in [-0.4, -0.2) is 25.7 Å². The first-order valence-corrected chi connectivity index (χ1v) is 7.54. The molecule has 2 rings (SSSR count). The van der Waals surface area contributed by atoms with Gasteiger partial charge in [0.2, 0.25) is 0 Å². The lowest BCUT2D eigenvalue weighted by molar-refractivity contribution is 0.416. The summed E-state index contributed by atoms with van der Waals surface area (Å²) >= 11 is 3.11. The molecule has 1 aromatic rings. The summed E-state index contributed by atoms with van der Waals surface area (Å²) in [5.74, 6) is -0.994. The summed E-state index contributed by atoms with van der Waals surface area (Å²) < 4.78 is 28.3. The predicted octanol–water partition coefficient (Wildman–Crippen LogP) is 3.70. The summed E-state index contributed by atoms with van der Waals surface area (Å²) in [6.45, 7) is 4.43. The highest BCUT2D eigenvalue weighted by molar-refractivity contribution is 9.10. The van der Waals surface area contributed by atoms with E-state index in [1.165, 1.54) is 12.1 Å². The Hall–Kier alpha value is -0.680. The number of rotatable bonds is 4. The summed E-state index contributed by atoms with van der Waals surface area (Å²) in [5.41, 5.74) is 0.103. The zero-order chi connectivity index (χ0) is 13.8. The molecule has 1 fully saturated rings. The molecule has 0 bridgehead atoms. The Kier molecular flexibility index (Phi) is 5.16. The molecule has 0 aliphatic carbocycles. The largest absolute Gasteiger partial charge is 0.365 e. The fourth-order valence-electron chi connectivity index (χ4n) is 2.53. The van der Waals surface area contributed by atoms with Crippen molar-refractivity contribution >= 4 is 21.6 Å². The van der Waals surface area contributed by atoms with E-state index in [1.54, 1.807) is 0 Å². The van der Waals surface area contributed by atoms with Gasteiger partial charge < -0.3 is 10.2 Å². The van der Waals surface area contributed by atoms with Crippen molar-refractivity contribution < 1.29 is 8.78 Å². The van der Waals surface area contributed by atoms with Gasteiger partial charge in [-0.25, -0.2) is 8.78 Å². The Morgan fingerprint density at radius 2 is 2.05 bits per heavy atom. The second-order valence-corrected chi connectivity index (χ2v) is 5.87. The molecule has 106 valence electrons. The first kappa shape index (κ1) is 14.7. The molecule has 1 heterocycles. The monoisotopic (exact) mass is 332 g/mol. The van der Waals surface area contributed by atoms with Gasteiger partial charge in [-0.05, 0) is 37.9 Å². The number of piperidine rings is 1. The normalized spacial score (nSPS) is 19.8. The van der Waals surface area contributed by atoms with Gasteiger partial charge >= 0.3 is 0 Å². The number of halogens is 3. The van der Waals surface area contributed by atoms with Gasteiger partial charge in [0.15, 0.2) is 11.6 Å². The molecule has 0 amide bonds. The number of hydrogen-bond donors (Lipinski definition) is 1. The van der Waals surface area contributed by atoms with E-state index in [2.05, 4.69) is 28.2 Å². The van der Waals surface area contributed by atoms with Crippen LogP contribution in [0.4, 0.5) is 14.5 Å². The third kappa shape index (κ3) is 3.66. The third-order valence-electron chi connectivity index (χ3n) is 3.40. The summed E-state index contributed by atoms with van der Waals surface area (Å²) in [4.78, 5) is 1.81. The zero-order valence-electron chi connectivity index (χ0n) is 11.1. The van der Waals surface area contributed by atoms with Crippen molar-refractivity contribution in [2.24, 2.45) is 0 Å². The highest BCUT2D eigenvalue weighted by Crippen LogP contribution is 2.29. The number of hydrogen-bond acceptors (Lipinski definition) is 2. The molecule has 0 spiro atoms. The van der Waals surface area contributed by atoms with Gasteiger partial charge in [0.05, 0.1) is 0 Å². The maximum atomic E-state index is 13.9. The molecular weight excluding hydrogens is 314 g/mol.